The highest BCUT2D eigenvalue weighted by molar-refractivity contribution is 6.02. The first-order chi connectivity index (χ1) is 14.9. The van der Waals surface area contributed by atoms with Gasteiger partial charge in [-0.05, 0) is 55.7 Å². The molecule has 0 unspecified atom stereocenters. The van der Waals surface area contributed by atoms with Crippen molar-refractivity contribution >= 4 is 17.4 Å². The molecule has 0 fully saturated rings. The number of fused-ring (bicyclic) bond motifs is 1. The minimum atomic E-state index is -0.267. The van der Waals surface area contributed by atoms with E-state index in [0.29, 0.717) is 18.7 Å². The number of carbonyl (C=O) groups excluding carboxylic acids is 1. The number of rotatable bonds is 6. The number of nitrogens with one attached hydrogen (secondary N) is 1. The van der Waals surface area contributed by atoms with Gasteiger partial charge in [0.15, 0.2) is 5.82 Å². The molecule has 31 heavy (non-hydrogen) atoms. The molecule has 1 aromatic heterocycles. The number of likely N-dealkylation sites (N-methyl/N-ethyl adjacent to an activating group) is 1. The number of aryl methyl sites for hydroxylation is 3. The largest absolute Gasteiger partial charge is 0.489 e. The molecule has 0 bridgehead atoms. The maximum atomic E-state index is 13.0. The van der Waals surface area contributed by atoms with Crippen molar-refractivity contribution in [2.75, 3.05) is 17.3 Å². The third-order valence-electron chi connectivity index (χ3n) is 5.54. The summed E-state index contributed by atoms with van der Waals surface area (Å²) >= 11 is 0. The SMILES string of the molecule is Cc1nc(CCc2ccc(OCc3ccc(F)cc3)cc2)nc2c1NC(=O)[C@H](C)N2C. The van der Waals surface area contributed by atoms with Crippen molar-refractivity contribution in [3.8, 4) is 5.75 Å². The van der Waals surface area contributed by atoms with Gasteiger partial charge in [-0.15, -0.1) is 0 Å². The summed E-state index contributed by atoms with van der Waals surface area (Å²) in [6.45, 7) is 4.14. The van der Waals surface area contributed by atoms with E-state index in [4.69, 9.17) is 9.72 Å². The van der Waals surface area contributed by atoms with E-state index < -0.39 is 0 Å². The predicted octanol–water partition coefficient (Wildman–Crippen LogP) is 4.07. The Bertz CT molecular complexity index is 1080. The number of anilines is 2. The average Bonchev–Trinajstić information content (AvgIpc) is 2.77. The van der Waals surface area contributed by atoms with Crippen molar-refractivity contribution in [1.82, 2.24) is 9.97 Å². The number of carbonyl (C=O) groups is 1. The molecule has 1 amide bonds. The molecule has 2 aromatic carbocycles. The summed E-state index contributed by atoms with van der Waals surface area (Å²) in [5.74, 6) is 1.98. The van der Waals surface area contributed by atoms with Crippen LogP contribution in [0.1, 0.15) is 29.6 Å². The van der Waals surface area contributed by atoms with E-state index in [0.717, 1.165) is 40.6 Å². The Hall–Kier alpha value is -3.48. The maximum Gasteiger partial charge on any atom is 0.246 e. The number of ether oxygens (including phenoxy) is 1. The lowest BCUT2D eigenvalue weighted by molar-refractivity contribution is -0.117. The van der Waals surface area contributed by atoms with Gasteiger partial charge in [-0.25, -0.2) is 14.4 Å². The molecule has 0 radical (unpaired) electrons. The highest BCUT2D eigenvalue weighted by Crippen LogP contribution is 2.31. The Morgan fingerprint density at radius 3 is 2.42 bits per heavy atom. The van der Waals surface area contributed by atoms with E-state index in [1.165, 1.54) is 12.1 Å². The van der Waals surface area contributed by atoms with Crippen molar-refractivity contribution < 1.29 is 13.9 Å². The Kier molecular flexibility index (Phi) is 5.84. The smallest absolute Gasteiger partial charge is 0.246 e. The van der Waals surface area contributed by atoms with Crippen LogP contribution in [0.25, 0.3) is 0 Å². The number of aromatic nitrogens is 2. The number of amides is 1. The van der Waals surface area contributed by atoms with Gasteiger partial charge in [0.05, 0.1) is 5.69 Å². The zero-order valence-corrected chi connectivity index (χ0v) is 17.9. The standard InChI is InChI=1S/C24H25FN4O2/c1-15-22-23(29(3)16(2)24(30)28-22)27-21(26-15)13-8-17-6-11-20(12-7-17)31-14-18-4-9-19(25)10-5-18/h4-7,9-12,16H,8,13-14H2,1-3H3,(H,28,30)/t16-/m0/s1. The van der Waals surface area contributed by atoms with Gasteiger partial charge >= 0.3 is 0 Å². The van der Waals surface area contributed by atoms with E-state index in [9.17, 15) is 9.18 Å². The summed E-state index contributed by atoms with van der Waals surface area (Å²) in [4.78, 5) is 23.2. The molecule has 1 N–H and O–H groups in total. The fourth-order valence-electron chi connectivity index (χ4n) is 3.47. The second-order valence-electron chi connectivity index (χ2n) is 7.76. The summed E-state index contributed by atoms with van der Waals surface area (Å²) in [6, 6.07) is 13.9. The van der Waals surface area contributed by atoms with Crippen LogP contribution in [0.4, 0.5) is 15.9 Å². The van der Waals surface area contributed by atoms with Crippen molar-refractivity contribution in [1.29, 1.82) is 0 Å². The lowest BCUT2D eigenvalue weighted by Gasteiger charge is -2.32. The summed E-state index contributed by atoms with van der Waals surface area (Å²) < 4.78 is 18.7. The van der Waals surface area contributed by atoms with Gasteiger partial charge in [-0.3, -0.25) is 4.79 Å². The van der Waals surface area contributed by atoms with Crippen LogP contribution in [0.3, 0.4) is 0 Å². The molecule has 6 nitrogen and oxygen atoms in total. The van der Waals surface area contributed by atoms with Gasteiger partial charge in [0.25, 0.3) is 0 Å². The van der Waals surface area contributed by atoms with E-state index in [-0.39, 0.29) is 17.8 Å². The molecule has 0 spiro atoms. The molecule has 0 saturated heterocycles. The monoisotopic (exact) mass is 420 g/mol. The van der Waals surface area contributed by atoms with Crippen LogP contribution in [0.5, 0.6) is 5.75 Å². The van der Waals surface area contributed by atoms with Crippen LogP contribution in [0.15, 0.2) is 48.5 Å². The first kappa shape index (κ1) is 20.8. The number of hydrogen-bond donors (Lipinski definition) is 1. The molecule has 7 heteroatoms. The Labute approximate surface area is 181 Å². The highest BCUT2D eigenvalue weighted by atomic mass is 19.1. The highest BCUT2D eigenvalue weighted by Gasteiger charge is 2.30. The minimum absolute atomic E-state index is 0.0452. The molecular weight excluding hydrogens is 395 g/mol. The lowest BCUT2D eigenvalue weighted by atomic mass is 10.1. The summed E-state index contributed by atoms with van der Waals surface area (Å²) in [5, 5.41) is 2.90. The van der Waals surface area contributed by atoms with Gasteiger partial charge in [0, 0.05) is 13.5 Å². The Morgan fingerprint density at radius 1 is 1.03 bits per heavy atom. The second kappa shape index (κ2) is 8.71. The number of nitrogens with zero attached hydrogens (tertiary/aromatic N) is 3. The first-order valence-electron chi connectivity index (χ1n) is 10.3. The predicted molar refractivity (Wildman–Crippen MR) is 118 cm³/mol. The molecule has 1 atom stereocenters. The topological polar surface area (TPSA) is 67.4 Å². The molecule has 1 aliphatic heterocycles. The average molecular weight is 420 g/mol. The van der Waals surface area contributed by atoms with E-state index >= 15 is 0 Å². The number of benzene rings is 2. The van der Waals surface area contributed by atoms with Crippen molar-refractivity contribution in [3.05, 3.63) is 77.0 Å². The molecule has 1 aliphatic rings. The van der Waals surface area contributed by atoms with Crippen LogP contribution >= 0.6 is 0 Å². The maximum absolute atomic E-state index is 13.0. The van der Waals surface area contributed by atoms with Crippen molar-refractivity contribution in [2.24, 2.45) is 0 Å². The normalized spacial score (nSPS) is 15.4. The Balaban J connectivity index is 1.38. The molecule has 3 aromatic rings. The Morgan fingerprint density at radius 2 is 1.71 bits per heavy atom. The van der Waals surface area contributed by atoms with Crippen molar-refractivity contribution in [2.45, 2.75) is 39.3 Å². The van der Waals surface area contributed by atoms with Crippen LogP contribution in [-0.2, 0) is 24.2 Å². The van der Waals surface area contributed by atoms with Gasteiger partial charge in [0.1, 0.15) is 35.7 Å². The summed E-state index contributed by atoms with van der Waals surface area (Å²) in [5.41, 5.74) is 3.54. The van der Waals surface area contributed by atoms with Gasteiger partial charge in [-0.2, -0.15) is 0 Å². The van der Waals surface area contributed by atoms with Gasteiger partial charge in [-0.1, -0.05) is 24.3 Å². The van der Waals surface area contributed by atoms with E-state index in [2.05, 4.69) is 10.3 Å². The zero-order chi connectivity index (χ0) is 22.0. The van der Waals surface area contributed by atoms with Crippen LogP contribution in [0.2, 0.25) is 0 Å². The van der Waals surface area contributed by atoms with Gasteiger partial charge in [0.2, 0.25) is 5.91 Å². The minimum Gasteiger partial charge on any atom is -0.489 e. The lowest BCUT2D eigenvalue weighted by Crippen LogP contribution is -2.45. The van der Waals surface area contributed by atoms with Crippen molar-refractivity contribution in [3.63, 3.8) is 0 Å². The van der Waals surface area contributed by atoms with E-state index in [1.54, 1.807) is 12.1 Å². The molecular formula is C24H25FN4O2. The van der Waals surface area contributed by atoms with Crippen LogP contribution in [0, 0.1) is 12.7 Å². The second-order valence-corrected chi connectivity index (χ2v) is 7.76. The molecule has 160 valence electrons. The fraction of sp³-hybridized carbons (Fsp3) is 0.292. The van der Waals surface area contributed by atoms with E-state index in [1.807, 2.05) is 50.1 Å². The molecule has 0 saturated carbocycles. The fourth-order valence-corrected chi connectivity index (χ4v) is 3.47. The zero-order valence-electron chi connectivity index (χ0n) is 17.9. The quantitative estimate of drug-likeness (QED) is 0.651. The summed E-state index contributed by atoms with van der Waals surface area (Å²) in [6.07, 6.45) is 1.49. The summed E-state index contributed by atoms with van der Waals surface area (Å²) in [7, 11) is 1.88. The number of halogens is 1. The first-order valence-corrected chi connectivity index (χ1v) is 10.3. The number of hydrogen-bond acceptors (Lipinski definition) is 5. The molecule has 0 aliphatic carbocycles. The third kappa shape index (κ3) is 4.66. The van der Waals surface area contributed by atoms with Gasteiger partial charge < -0.3 is 15.0 Å². The molecule has 4 rings (SSSR count). The van der Waals surface area contributed by atoms with Crippen LogP contribution in [-0.4, -0.2) is 29.0 Å². The third-order valence-corrected chi connectivity index (χ3v) is 5.54. The van der Waals surface area contributed by atoms with Crippen LogP contribution < -0.4 is 15.0 Å². The molecule has 2 heterocycles.